The second-order valence-electron chi connectivity index (χ2n) is 33.3. The van der Waals surface area contributed by atoms with Crippen LogP contribution in [0.25, 0.3) is 0 Å². The van der Waals surface area contributed by atoms with Crippen molar-refractivity contribution >= 4 is 17.3 Å². The molecule has 0 aromatic heterocycles. The number of hydrogen-bond acceptors (Lipinski definition) is 7. The molecule has 598 valence electrons. The number of aliphatic hydroxyl groups is 6. The SMILES string of the molecule is C.CCC[N+](C)(C)C.CCC[N+](C)(CCO)CCO.CC[N+](CC)(CC)Cc1ccccc1.CC[N+](CC)(CC)c1ccccc1.C[N+](C)(C)CC(=O)O.C[N+](C)(C)CCCCCC[N+](C)(C)C.C[N+](C)(C)Cc1ccccc1.C[N+](C)(C)c1ccccc1.OCC[N+](CCO)(CCO)CCO. The maximum absolute atomic E-state index is 10.00. The first-order valence-corrected chi connectivity index (χ1v) is 38.1. The van der Waals surface area contributed by atoms with Gasteiger partial charge in [0.1, 0.15) is 63.7 Å². The summed E-state index contributed by atoms with van der Waals surface area (Å²) in [5.41, 5.74) is 5.63. The molecule has 18 heteroatoms. The highest BCUT2D eigenvalue weighted by Crippen LogP contribution is 2.22. The summed E-state index contributed by atoms with van der Waals surface area (Å²) >= 11 is 0. The lowest BCUT2D eigenvalue weighted by Crippen LogP contribution is -2.54. The summed E-state index contributed by atoms with van der Waals surface area (Å²) in [6.45, 7) is 36.3. The second kappa shape index (κ2) is 59.8. The number of aliphatic carboxylic acids is 1. The van der Waals surface area contributed by atoms with Crippen molar-refractivity contribution in [3.8, 4) is 0 Å². The van der Waals surface area contributed by atoms with Gasteiger partial charge in [0.25, 0.3) is 0 Å². The fourth-order valence-electron chi connectivity index (χ4n) is 11.4. The molecule has 0 atom stereocenters. The minimum absolute atomic E-state index is 0. The largest absolute Gasteiger partial charge is 0.477 e. The lowest BCUT2D eigenvalue weighted by molar-refractivity contribution is -0.936. The zero-order valence-electron chi connectivity index (χ0n) is 71.0. The van der Waals surface area contributed by atoms with Crippen LogP contribution in [0.15, 0.2) is 121 Å². The number of carboxylic acids is 1. The Labute approximate surface area is 631 Å². The van der Waals surface area contributed by atoms with Crippen LogP contribution >= 0.6 is 0 Å². The van der Waals surface area contributed by atoms with E-state index in [9.17, 15) is 4.79 Å². The summed E-state index contributed by atoms with van der Waals surface area (Å²) < 4.78 is 9.12. The first-order valence-electron chi connectivity index (χ1n) is 38.1. The molecule has 0 radical (unpaired) electrons. The summed E-state index contributed by atoms with van der Waals surface area (Å²) in [6, 6.07) is 42.6. The minimum Gasteiger partial charge on any atom is -0.477 e. The highest BCUT2D eigenvalue weighted by Gasteiger charge is 2.26. The average molecular weight is 1450 g/mol. The predicted molar refractivity (Wildman–Crippen MR) is 444 cm³/mol. The molecule has 0 bridgehead atoms. The smallest absolute Gasteiger partial charge is 0.359 e. The first-order chi connectivity index (χ1) is 46.8. The van der Waals surface area contributed by atoms with E-state index in [4.69, 9.17) is 35.7 Å². The Morgan fingerprint density at radius 1 is 0.304 bits per heavy atom. The summed E-state index contributed by atoms with van der Waals surface area (Å²) in [4.78, 5) is 10.00. The number of carboxylic acid groups (broad SMARTS) is 1. The maximum atomic E-state index is 10.00. The van der Waals surface area contributed by atoms with Gasteiger partial charge in [-0.1, -0.05) is 118 Å². The molecule has 0 amide bonds. The lowest BCUT2D eigenvalue weighted by Gasteiger charge is -2.36. The number of quaternary nitrogens is 10. The Morgan fingerprint density at radius 2 is 0.598 bits per heavy atom. The number of hydrogen-bond donors (Lipinski definition) is 7. The van der Waals surface area contributed by atoms with E-state index in [0.717, 1.165) is 64.0 Å². The molecule has 0 aliphatic heterocycles. The first kappa shape index (κ1) is 109. The molecule has 4 rings (SSSR count). The normalized spacial score (nSPS) is 11.8. The fourth-order valence-corrected chi connectivity index (χ4v) is 11.4. The Kier molecular flexibility index (Phi) is 63.7. The van der Waals surface area contributed by atoms with Gasteiger partial charge in [-0.2, -0.15) is 0 Å². The summed E-state index contributed by atoms with van der Waals surface area (Å²) in [5.74, 6) is -0.752. The van der Waals surface area contributed by atoms with Gasteiger partial charge in [-0.25, -0.2) is 4.79 Å². The van der Waals surface area contributed by atoms with E-state index in [1.807, 2.05) is 27.2 Å². The third-order valence-electron chi connectivity index (χ3n) is 17.8. The van der Waals surface area contributed by atoms with Gasteiger partial charge >= 0.3 is 5.97 Å². The molecule has 0 unspecified atom stereocenters. The van der Waals surface area contributed by atoms with Gasteiger partial charge in [0, 0.05) is 11.1 Å². The van der Waals surface area contributed by atoms with Crippen LogP contribution in [0.3, 0.4) is 0 Å². The van der Waals surface area contributed by atoms with Crippen LogP contribution in [0.2, 0.25) is 0 Å². The quantitative estimate of drug-likeness (QED) is 0.0174. The van der Waals surface area contributed by atoms with Crippen molar-refractivity contribution in [3.05, 3.63) is 132 Å². The number of para-hydroxylation sites is 2. The van der Waals surface area contributed by atoms with Gasteiger partial charge < -0.3 is 71.6 Å². The molecule has 7 N–H and O–H groups in total. The molecule has 0 heterocycles. The molecule has 0 spiro atoms. The molecule has 0 aliphatic rings. The summed E-state index contributed by atoms with van der Waals surface area (Å²) in [6.07, 6.45) is 7.92. The van der Waals surface area contributed by atoms with Crippen LogP contribution in [0, 0.1) is 0 Å². The van der Waals surface area contributed by atoms with Gasteiger partial charge in [-0.3, -0.25) is 8.97 Å². The van der Waals surface area contributed by atoms with Crippen LogP contribution in [0.4, 0.5) is 11.4 Å². The Morgan fingerprint density at radius 3 is 0.804 bits per heavy atom. The minimum atomic E-state index is -0.752. The van der Waals surface area contributed by atoms with E-state index in [1.54, 1.807) is 0 Å². The Hall–Kier alpha value is -4.29. The molecule has 0 saturated heterocycles. The molecule has 18 nitrogen and oxygen atoms in total. The van der Waals surface area contributed by atoms with Gasteiger partial charge in [0.05, 0.1) is 239 Å². The number of likely N-dealkylation sites (N-methyl/N-ethyl adjacent to an activating group) is 2. The van der Waals surface area contributed by atoms with Crippen molar-refractivity contribution in [2.45, 2.75) is 114 Å². The average Bonchev–Trinajstić information content (AvgIpc) is 0.885. The van der Waals surface area contributed by atoms with Crippen LogP contribution in [-0.4, -0.2) is 362 Å². The van der Waals surface area contributed by atoms with Crippen molar-refractivity contribution in [3.63, 3.8) is 0 Å². The number of carbonyl (C=O) groups is 1. The number of rotatable bonds is 37. The third kappa shape index (κ3) is 64.1. The van der Waals surface area contributed by atoms with Crippen molar-refractivity contribution in [1.29, 1.82) is 0 Å². The van der Waals surface area contributed by atoms with Crippen molar-refractivity contribution in [2.24, 2.45) is 0 Å². The molecular formula is C84H174N10O8+10. The van der Waals surface area contributed by atoms with E-state index < -0.39 is 5.97 Å². The Balaban J connectivity index is -0.000000256. The third-order valence-corrected chi connectivity index (χ3v) is 17.8. The standard InChI is InChI=1S/C13H22N.C12H30N2.C12H20N.C10H16N.C9H14N.C8H20NO4.C8H20NO2.C6H16N.C5H11NO2.CH4/c1-4-14(5-2,6-3)12-13-10-8-7-9-11-13;1-13(2,3)11-9-7-8-10-12-14(4,5)6;1-4-13(5-2,6-3)12-10-8-7-9-11-12;1-11(2,3)9-10-7-5-4-6-8-10;1-10(2,3)9-7-5-4-6-8-9;10-5-1-9(2-6-11,3-7-12)4-8-13;1-3-4-9(2,5-7-10)6-8-11;1-5-6-7(2,3)4;1-6(2,3)4-5(7)8;/h7-11H,4-6,12H2,1-3H3;7-12H2,1-6H3;7-11H,4-6H2,1-3H3;4-8H,9H2,1-3H3;4-8H,1-3H3;10-13H,1-8H2;10-11H,3-8H2,1-2H3;5-6H2,1-4H3;4H2,1-3H3;1H4/q+1;+2;6*+1;;/p+1. The fraction of sp³-hybridized carbons (Fsp3) is 0.702. The highest BCUT2D eigenvalue weighted by molar-refractivity contribution is 5.67. The maximum Gasteiger partial charge on any atom is 0.359 e. The zero-order chi connectivity index (χ0) is 78.9. The van der Waals surface area contributed by atoms with Gasteiger partial charge in [-0.15, -0.1) is 0 Å². The lowest BCUT2D eigenvalue weighted by atomic mass is 10.1. The van der Waals surface area contributed by atoms with Gasteiger partial charge in [-0.05, 0) is 104 Å². The van der Waals surface area contributed by atoms with Crippen molar-refractivity contribution in [2.75, 3.05) is 285 Å². The van der Waals surface area contributed by atoms with Gasteiger partial charge in [0.2, 0.25) is 0 Å². The molecule has 0 aliphatic carbocycles. The molecule has 102 heavy (non-hydrogen) atoms. The Bertz CT molecular complexity index is 2370. The van der Waals surface area contributed by atoms with E-state index in [1.165, 1.54) is 125 Å². The second-order valence-corrected chi connectivity index (χ2v) is 33.3. The van der Waals surface area contributed by atoms with Crippen LogP contribution in [0.1, 0.15) is 112 Å². The monoisotopic (exact) mass is 1450 g/mol. The number of aliphatic hydroxyl groups excluding tert-OH is 6. The number of unbranched alkanes of at least 4 members (excludes halogenated alkanes) is 3. The topological polar surface area (TPSA) is 159 Å². The van der Waals surface area contributed by atoms with E-state index >= 15 is 0 Å². The molecular weight excluding hydrogens is 1280 g/mol. The molecule has 4 aromatic carbocycles. The summed E-state index contributed by atoms with van der Waals surface area (Å²) in [7, 11) is 40.9. The van der Waals surface area contributed by atoms with E-state index in [-0.39, 0.29) is 53.6 Å². The van der Waals surface area contributed by atoms with Gasteiger partial charge in [0.15, 0.2) is 6.54 Å². The van der Waals surface area contributed by atoms with E-state index in [0.29, 0.717) is 35.1 Å². The van der Waals surface area contributed by atoms with Crippen molar-refractivity contribution in [1.82, 2.24) is 8.97 Å². The number of benzene rings is 4. The molecule has 0 saturated carbocycles. The van der Waals surface area contributed by atoms with Crippen LogP contribution in [0.5, 0.6) is 0 Å². The number of nitrogens with zero attached hydrogens (tertiary/aromatic N) is 10. The summed E-state index contributed by atoms with van der Waals surface area (Å²) in [5, 5.41) is 61.0. The predicted octanol–water partition coefficient (Wildman–Crippen LogP) is 11.0. The van der Waals surface area contributed by atoms with Crippen LogP contribution < -0.4 is 8.97 Å². The van der Waals surface area contributed by atoms with E-state index in [2.05, 4.69) is 283 Å². The molecule has 0 fully saturated rings. The zero-order valence-corrected chi connectivity index (χ0v) is 71.0. The molecule has 4 aromatic rings. The van der Waals surface area contributed by atoms with Crippen molar-refractivity contribution < 1.29 is 76.4 Å². The highest BCUT2D eigenvalue weighted by atomic mass is 16.4. The van der Waals surface area contributed by atoms with Crippen LogP contribution in [-0.2, 0) is 17.9 Å².